The molecule has 21 heavy (non-hydrogen) atoms. The number of nitrogens with zero attached hydrogens (tertiary/aromatic N) is 4. The van der Waals surface area contributed by atoms with E-state index < -0.39 is 12.0 Å². The highest BCUT2D eigenvalue weighted by molar-refractivity contribution is 5.50. The van der Waals surface area contributed by atoms with E-state index in [9.17, 15) is 13.2 Å². The second-order valence-electron chi connectivity index (χ2n) is 5.08. The van der Waals surface area contributed by atoms with Gasteiger partial charge < -0.3 is 15.1 Å². The Morgan fingerprint density at radius 1 is 1.29 bits per heavy atom. The first kappa shape index (κ1) is 17.5. The molecule has 0 aliphatic rings. The number of likely N-dealkylation sites (N-methyl/N-ethyl adjacent to an activating group) is 2. The molecule has 0 amide bonds. The largest absolute Gasteiger partial charge is 0.451 e. The van der Waals surface area contributed by atoms with Crippen molar-refractivity contribution in [2.75, 3.05) is 44.4 Å². The number of alkyl halides is 3. The molecule has 0 aliphatic carbocycles. The quantitative estimate of drug-likeness (QED) is 0.874. The third-order valence-electron chi connectivity index (χ3n) is 3.02. The number of hydrogen-bond donors (Lipinski definition) is 1. The molecule has 8 heteroatoms. The molecule has 0 spiro atoms. The molecule has 0 fully saturated rings. The zero-order valence-electron chi connectivity index (χ0n) is 13.0. The van der Waals surface area contributed by atoms with E-state index in [1.54, 1.807) is 0 Å². The fourth-order valence-corrected chi connectivity index (χ4v) is 2.16. The van der Waals surface area contributed by atoms with Crippen molar-refractivity contribution in [3.05, 3.63) is 11.9 Å². The topological polar surface area (TPSA) is 44.3 Å². The van der Waals surface area contributed by atoms with Crippen LogP contribution in [0.2, 0.25) is 0 Å². The fourth-order valence-electron chi connectivity index (χ4n) is 2.16. The van der Waals surface area contributed by atoms with E-state index in [1.807, 2.05) is 37.7 Å². The molecule has 0 saturated carbocycles. The maximum atomic E-state index is 12.9. The number of aromatic nitrogens is 2. The van der Waals surface area contributed by atoms with Gasteiger partial charge in [-0.2, -0.15) is 13.2 Å². The average molecular weight is 305 g/mol. The number of anilines is 2. The molecule has 1 unspecified atom stereocenters. The van der Waals surface area contributed by atoms with Gasteiger partial charge in [0.1, 0.15) is 11.6 Å². The highest BCUT2D eigenvalue weighted by atomic mass is 19.4. The van der Waals surface area contributed by atoms with E-state index in [0.29, 0.717) is 13.1 Å². The molecule has 0 radical (unpaired) electrons. The van der Waals surface area contributed by atoms with Crippen LogP contribution in [0.15, 0.2) is 6.07 Å². The first-order chi connectivity index (χ1) is 9.68. The summed E-state index contributed by atoms with van der Waals surface area (Å²) in [5.41, 5.74) is 0. The summed E-state index contributed by atoms with van der Waals surface area (Å²) in [6.07, 6.45) is -4.56. The van der Waals surface area contributed by atoms with Gasteiger partial charge >= 0.3 is 6.18 Å². The van der Waals surface area contributed by atoms with Gasteiger partial charge in [0.05, 0.1) is 0 Å². The van der Waals surface area contributed by atoms with Crippen molar-refractivity contribution in [1.82, 2.24) is 14.9 Å². The summed E-state index contributed by atoms with van der Waals surface area (Å²) in [4.78, 5) is 11.0. The van der Waals surface area contributed by atoms with Crippen LogP contribution in [0.25, 0.3) is 0 Å². The Kier molecular flexibility index (Phi) is 5.77. The van der Waals surface area contributed by atoms with E-state index >= 15 is 0 Å². The van der Waals surface area contributed by atoms with E-state index in [1.165, 1.54) is 13.1 Å². The van der Waals surface area contributed by atoms with Crippen LogP contribution in [0, 0.1) is 0 Å². The SMILES string of the molecule is CCN(c1cc(NC)nc(C(F)(F)F)n1)C(C)CN(C)C. The van der Waals surface area contributed by atoms with Gasteiger partial charge in [0.25, 0.3) is 0 Å². The highest BCUT2D eigenvalue weighted by Gasteiger charge is 2.36. The van der Waals surface area contributed by atoms with Crippen molar-refractivity contribution in [3.63, 3.8) is 0 Å². The number of halogens is 3. The smallest absolute Gasteiger partial charge is 0.373 e. The minimum absolute atomic E-state index is 0.0330. The molecule has 1 aromatic rings. The molecule has 1 rings (SSSR count). The molecule has 0 saturated heterocycles. The lowest BCUT2D eigenvalue weighted by molar-refractivity contribution is -0.144. The lowest BCUT2D eigenvalue weighted by Gasteiger charge is -2.31. The maximum Gasteiger partial charge on any atom is 0.451 e. The Morgan fingerprint density at radius 3 is 2.33 bits per heavy atom. The van der Waals surface area contributed by atoms with E-state index in [4.69, 9.17) is 0 Å². The fraction of sp³-hybridized carbons (Fsp3) is 0.692. The highest BCUT2D eigenvalue weighted by Crippen LogP contribution is 2.29. The standard InChI is InChI=1S/C13H22F3N5/c1-6-21(9(2)8-20(4)5)11-7-10(17-3)18-12(19-11)13(14,15)16/h7,9H,6,8H2,1-5H3,(H,17,18,19). The summed E-state index contributed by atoms with van der Waals surface area (Å²) >= 11 is 0. The van der Waals surface area contributed by atoms with Crippen LogP contribution in [0.5, 0.6) is 0 Å². The zero-order valence-corrected chi connectivity index (χ0v) is 13.0. The second-order valence-corrected chi connectivity index (χ2v) is 5.08. The van der Waals surface area contributed by atoms with Gasteiger partial charge in [-0.1, -0.05) is 0 Å². The minimum atomic E-state index is -4.56. The van der Waals surface area contributed by atoms with Crippen LogP contribution in [0.1, 0.15) is 19.7 Å². The Hall–Kier alpha value is -1.57. The van der Waals surface area contributed by atoms with Gasteiger partial charge in [-0.25, -0.2) is 9.97 Å². The predicted octanol–water partition coefficient (Wildman–Crippen LogP) is 2.31. The Labute approximate surface area is 123 Å². The molecule has 0 aliphatic heterocycles. The van der Waals surface area contributed by atoms with Gasteiger partial charge in [-0.3, -0.25) is 0 Å². The third kappa shape index (κ3) is 4.73. The maximum absolute atomic E-state index is 12.9. The van der Waals surface area contributed by atoms with Crippen LogP contribution in [-0.4, -0.2) is 55.1 Å². The molecule has 5 nitrogen and oxygen atoms in total. The minimum Gasteiger partial charge on any atom is -0.373 e. The van der Waals surface area contributed by atoms with E-state index in [0.717, 1.165) is 0 Å². The van der Waals surface area contributed by atoms with Gasteiger partial charge in [0.2, 0.25) is 5.82 Å². The van der Waals surface area contributed by atoms with Gasteiger partial charge in [0.15, 0.2) is 0 Å². The normalized spacial score (nSPS) is 13.4. The van der Waals surface area contributed by atoms with Gasteiger partial charge in [-0.05, 0) is 27.9 Å². The van der Waals surface area contributed by atoms with E-state index in [2.05, 4.69) is 15.3 Å². The van der Waals surface area contributed by atoms with Crippen molar-refractivity contribution in [2.24, 2.45) is 0 Å². The van der Waals surface area contributed by atoms with Crippen molar-refractivity contribution in [3.8, 4) is 0 Å². The predicted molar refractivity (Wildman–Crippen MR) is 77.6 cm³/mol. The second kappa shape index (κ2) is 6.93. The van der Waals surface area contributed by atoms with E-state index in [-0.39, 0.29) is 17.7 Å². The zero-order chi connectivity index (χ0) is 16.2. The Balaban J connectivity index is 3.19. The molecule has 0 aromatic carbocycles. The first-order valence-corrected chi connectivity index (χ1v) is 6.74. The van der Waals surface area contributed by atoms with Crippen molar-refractivity contribution in [1.29, 1.82) is 0 Å². The molecule has 0 bridgehead atoms. The van der Waals surface area contributed by atoms with Crippen LogP contribution >= 0.6 is 0 Å². The number of hydrogen-bond acceptors (Lipinski definition) is 5. The number of nitrogens with one attached hydrogen (secondary N) is 1. The summed E-state index contributed by atoms with van der Waals surface area (Å²) in [5, 5.41) is 2.65. The number of rotatable bonds is 6. The van der Waals surface area contributed by atoms with Crippen molar-refractivity contribution in [2.45, 2.75) is 26.1 Å². The molecular weight excluding hydrogens is 283 g/mol. The summed E-state index contributed by atoms with van der Waals surface area (Å²) in [7, 11) is 5.38. The van der Waals surface area contributed by atoms with Gasteiger partial charge in [-0.15, -0.1) is 0 Å². The summed E-state index contributed by atoms with van der Waals surface area (Å²) < 4.78 is 38.6. The van der Waals surface area contributed by atoms with Gasteiger partial charge in [0, 0.05) is 32.2 Å². The molecule has 1 aromatic heterocycles. The molecule has 1 N–H and O–H groups in total. The van der Waals surface area contributed by atoms with Crippen LogP contribution in [-0.2, 0) is 6.18 Å². The molecule has 120 valence electrons. The lowest BCUT2D eigenvalue weighted by Crippen LogP contribution is -2.40. The summed E-state index contributed by atoms with van der Waals surface area (Å²) in [6, 6.07) is 1.57. The monoisotopic (exact) mass is 305 g/mol. The Bertz CT molecular complexity index is 462. The summed E-state index contributed by atoms with van der Waals surface area (Å²) in [5.74, 6) is -0.693. The van der Waals surface area contributed by atoms with Crippen molar-refractivity contribution >= 4 is 11.6 Å². The summed E-state index contributed by atoms with van der Waals surface area (Å²) in [6.45, 7) is 5.12. The molecule has 1 heterocycles. The van der Waals surface area contributed by atoms with Crippen LogP contribution in [0.4, 0.5) is 24.8 Å². The van der Waals surface area contributed by atoms with Crippen LogP contribution < -0.4 is 10.2 Å². The average Bonchev–Trinajstić information content (AvgIpc) is 2.37. The van der Waals surface area contributed by atoms with Crippen LogP contribution in [0.3, 0.4) is 0 Å². The van der Waals surface area contributed by atoms with Crippen molar-refractivity contribution < 1.29 is 13.2 Å². The third-order valence-corrected chi connectivity index (χ3v) is 3.02. The molecule has 1 atom stereocenters. The first-order valence-electron chi connectivity index (χ1n) is 6.74. The Morgan fingerprint density at radius 2 is 1.90 bits per heavy atom. The lowest BCUT2D eigenvalue weighted by atomic mass is 10.2. The molecular formula is C13H22F3N5.